The van der Waals surface area contributed by atoms with Crippen molar-refractivity contribution in [2.24, 2.45) is 5.73 Å². The van der Waals surface area contributed by atoms with Gasteiger partial charge in [0, 0.05) is 12.7 Å². The van der Waals surface area contributed by atoms with Gasteiger partial charge in [-0.05, 0) is 18.6 Å². The van der Waals surface area contributed by atoms with Crippen LogP contribution in [0.3, 0.4) is 0 Å². The molecule has 0 saturated heterocycles. The van der Waals surface area contributed by atoms with Crippen molar-refractivity contribution in [2.75, 3.05) is 11.9 Å². The molecule has 0 atom stereocenters. The van der Waals surface area contributed by atoms with Crippen molar-refractivity contribution in [3.8, 4) is 0 Å². The van der Waals surface area contributed by atoms with E-state index in [-0.39, 0.29) is 0 Å². The Morgan fingerprint density at radius 2 is 2.33 bits per heavy atom. The van der Waals surface area contributed by atoms with Crippen LogP contribution in [0.2, 0.25) is 0 Å². The Labute approximate surface area is 96.1 Å². The van der Waals surface area contributed by atoms with Crippen LogP contribution in [0.1, 0.15) is 31.7 Å². The average Bonchev–Trinajstić information content (AvgIpc) is 2.25. The summed E-state index contributed by atoms with van der Waals surface area (Å²) in [7, 11) is 0. The second-order valence-corrected chi connectivity index (χ2v) is 3.84. The minimum Gasteiger partial charge on any atom is -0.389 e. The Hall–Kier alpha value is -1.16. The highest BCUT2D eigenvalue weighted by molar-refractivity contribution is 7.80. The Balaban J connectivity index is 2.56. The SMILES string of the molecule is CCCCCNc1ncccc1C(N)=S. The molecule has 1 aromatic rings. The molecule has 3 nitrogen and oxygen atoms in total. The number of aromatic nitrogens is 1. The number of rotatable bonds is 6. The summed E-state index contributed by atoms with van der Waals surface area (Å²) in [6, 6.07) is 3.73. The minimum atomic E-state index is 0.390. The summed E-state index contributed by atoms with van der Waals surface area (Å²) in [6.45, 7) is 3.10. The van der Waals surface area contributed by atoms with Crippen molar-refractivity contribution < 1.29 is 0 Å². The van der Waals surface area contributed by atoms with Gasteiger partial charge in [-0.25, -0.2) is 4.98 Å². The largest absolute Gasteiger partial charge is 0.389 e. The zero-order chi connectivity index (χ0) is 11.1. The molecule has 82 valence electrons. The molecule has 1 rings (SSSR count). The Bertz CT molecular complexity index is 325. The van der Waals surface area contributed by atoms with Crippen molar-refractivity contribution >= 4 is 23.0 Å². The molecule has 0 aliphatic heterocycles. The molecule has 0 aliphatic carbocycles. The molecule has 3 N–H and O–H groups in total. The van der Waals surface area contributed by atoms with E-state index in [0.717, 1.165) is 24.3 Å². The predicted octanol–water partition coefficient (Wildman–Crippen LogP) is 2.32. The number of anilines is 1. The number of hydrogen-bond donors (Lipinski definition) is 2. The number of nitrogens with zero attached hydrogens (tertiary/aromatic N) is 1. The minimum absolute atomic E-state index is 0.390. The summed E-state index contributed by atoms with van der Waals surface area (Å²) in [5, 5.41) is 3.25. The number of thiocarbonyl (C=S) groups is 1. The van der Waals surface area contributed by atoms with Crippen molar-refractivity contribution in [3.63, 3.8) is 0 Å². The van der Waals surface area contributed by atoms with Crippen LogP contribution < -0.4 is 11.1 Å². The number of hydrogen-bond acceptors (Lipinski definition) is 3. The smallest absolute Gasteiger partial charge is 0.136 e. The van der Waals surface area contributed by atoms with E-state index in [9.17, 15) is 0 Å². The predicted molar refractivity (Wildman–Crippen MR) is 68.1 cm³/mol. The van der Waals surface area contributed by atoms with Gasteiger partial charge in [-0.15, -0.1) is 0 Å². The van der Waals surface area contributed by atoms with Crippen LogP contribution in [0.4, 0.5) is 5.82 Å². The third-order valence-electron chi connectivity index (χ3n) is 2.15. The molecular formula is C11H17N3S. The summed E-state index contributed by atoms with van der Waals surface area (Å²) in [5.41, 5.74) is 6.42. The first-order valence-electron chi connectivity index (χ1n) is 5.24. The molecule has 0 amide bonds. The van der Waals surface area contributed by atoms with E-state index in [4.69, 9.17) is 18.0 Å². The average molecular weight is 223 g/mol. The molecule has 0 radical (unpaired) electrons. The summed E-state index contributed by atoms with van der Waals surface area (Å²) >= 11 is 4.95. The maximum atomic E-state index is 5.60. The lowest BCUT2D eigenvalue weighted by Gasteiger charge is -2.08. The van der Waals surface area contributed by atoms with Crippen LogP contribution in [-0.4, -0.2) is 16.5 Å². The van der Waals surface area contributed by atoms with E-state index < -0.39 is 0 Å². The second-order valence-electron chi connectivity index (χ2n) is 3.40. The maximum absolute atomic E-state index is 5.60. The highest BCUT2D eigenvalue weighted by Crippen LogP contribution is 2.11. The van der Waals surface area contributed by atoms with Gasteiger partial charge in [0.1, 0.15) is 10.8 Å². The molecule has 0 bridgehead atoms. The monoisotopic (exact) mass is 223 g/mol. The molecule has 0 unspecified atom stereocenters. The first-order chi connectivity index (χ1) is 7.25. The van der Waals surface area contributed by atoms with Crippen molar-refractivity contribution in [1.29, 1.82) is 0 Å². The van der Waals surface area contributed by atoms with Gasteiger partial charge in [-0.3, -0.25) is 0 Å². The molecule has 1 heterocycles. The number of nitrogens with one attached hydrogen (secondary N) is 1. The van der Waals surface area contributed by atoms with Gasteiger partial charge in [0.2, 0.25) is 0 Å². The van der Waals surface area contributed by atoms with E-state index in [0.29, 0.717) is 4.99 Å². The third-order valence-corrected chi connectivity index (χ3v) is 2.37. The van der Waals surface area contributed by atoms with Crippen LogP contribution in [0.25, 0.3) is 0 Å². The fourth-order valence-corrected chi connectivity index (χ4v) is 1.49. The van der Waals surface area contributed by atoms with Gasteiger partial charge in [0.25, 0.3) is 0 Å². The van der Waals surface area contributed by atoms with Crippen molar-refractivity contribution in [3.05, 3.63) is 23.9 Å². The van der Waals surface area contributed by atoms with Gasteiger partial charge >= 0.3 is 0 Å². The van der Waals surface area contributed by atoms with Crippen LogP contribution in [0.5, 0.6) is 0 Å². The highest BCUT2D eigenvalue weighted by Gasteiger charge is 2.04. The summed E-state index contributed by atoms with van der Waals surface area (Å²) in [4.78, 5) is 4.61. The van der Waals surface area contributed by atoms with E-state index in [1.54, 1.807) is 6.20 Å². The lowest BCUT2D eigenvalue weighted by Crippen LogP contribution is -2.14. The van der Waals surface area contributed by atoms with Gasteiger partial charge in [-0.2, -0.15) is 0 Å². The maximum Gasteiger partial charge on any atom is 0.136 e. The van der Waals surface area contributed by atoms with E-state index in [2.05, 4.69) is 17.2 Å². The quantitative estimate of drug-likeness (QED) is 0.574. The van der Waals surface area contributed by atoms with Crippen LogP contribution in [0, 0.1) is 0 Å². The lowest BCUT2D eigenvalue weighted by molar-refractivity contribution is 0.742. The van der Waals surface area contributed by atoms with Gasteiger partial charge in [-0.1, -0.05) is 32.0 Å². The number of pyridine rings is 1. The standard InChI is InChI=1S/C11H17N3S/c1-2-3-4-7-13-11-9(10(12)15)6-5-8-14-11/h5-6,8H,2-4,7H2,1H3,(H2,12,15)(H,13,14). The Morgan fingerprint density at radius 3 is 3.00 bits per heavy atom. The molecule has 15 heavy (non-hydrogen) atoms. The fraction of sp³-hybridized carbons (Fsp3) is 0.455. The van der Waals surface area contributed by atoms with E-state index in [1.165, 1.54) is 12.8 Å². The number of unbranched alkanes of at least 4 members (excludes halogenated alkanes) is 2. The molecule has 0 saturated carbocycles. The molecule has 0 aliphatic rings. The normalized spacial score (nSPS) is 9.93. The molecule has 4 heteroatoms. The molecule has 0 fully saturated rings. The lowest BCUT2D eigenvalue weighted by atomic mass is 10.2. The third kappa shape index (κ3) is 3.83. The van der Waals surface area contributed by atoms with Gasteiger partial charge < -0.3 is 11.1 Å². The summed E-state index contributed by atoms with van der Waals surface area (Å²) in [6.07, 6.45) is 5.32. The Morgan fingerprint density at radius 1 is 1.53 bits per heavy atom. The molecule has 1 aromatic heterocycles. The van der Waals surface area contributed by atoms with Gasteiger partial charge in [0.05, 0.1) is 5.56 Å². The first-order valence-corrected chi connectivity index (χ1v) is 5.65. The van der Waals surface area contributed by atoms with E-state index >= 15 is 0 Å². The molecular weight excluding hydrogens is 206 g/mol. The zero-order valence-corrected chi connectivity index (χ0v) is 9.81. The van der Waals surface area contributed by atoms with Crippen LogP contribution in [-0.2, 0) is 0 Å². The zero-order valence-electron chi connectivity index (χ0n) is 8.99. The topological polar surface area (TPSA) is 50.9 Å². The number of nitrogens with two attached hydrogens (primary N) is 1. The second kappa shape index (κ2) is 6.35. The summed E-state index contributed by atoms with van der Waals surface area (Å²) < 4.78 is 0. The summed E-state index contributed by atoms with van der Waals surface area (Å²) in [5.74, 6) is 0.793. The van der Waals surface area contributed by atoms with Crippen LogP contribution in [0.15, 0.2) is 18.3 Å². The first kappa shape index (κ1) is 11.9. The van der Waals surface area contributed by atoms with E-state index in [1.807, 2.05) is 12.1 Å². The van der Waals surface area contributed by atoms with Gasteiger partial charge in [0.15, 0.2) is 0 Å². The fourth-order valence-electron chi connectivity index (χ4n) is 1.33. The van der Waals surface area contributed by atoms with Crippen molar-refractivity contribution in [2.45, 2.75) is 26.2 Å². The van der Waals surface area contributed by atoms with Crippen molar-refractivity contribution in [1.82, 2.24) is 4.98 Å². The molecule has 0 spiro atoms. The Kier molecular flexibility index (Phi) is 5.04. The highest BCUT2D eigenvalue weighted by atomic mass is 32.1. The molecule has 0 aromatic carbocycles. The van der Waals surface area contributed by atoms with Crippen LogP contribution >= 0.6 is 12.2 Å².